The molecule has 0 spiro atoms. The van der Waals surface area contributed by atoms with Gasteiger partial charge in [-0.2, -0.15) is 4.98 Å². The van der Waals surface area contributed by atoms with Crippen LogP contribution in [-0.4, -0.2) is 41.9 Å². The summed E-state index contributed by atoms with van der Waals surface area (Å²) >= 11 is 2.73. The molecule has 0 aliphatic heterocycles. The van der Waals surface area contributed by atoms with Crippen LogP contribution in [0.4, 0.5) is 5.13 Å². The minimum absolute atomic E-state index is 0.158. The summed E-state index contributed by atoms with van der Waals surface area (Å²) in [6.07, 6.45) is 2.11. The van der Waals surface area contributed by atoms with Gasteiger partial charge >= 0.3 is 0 Å². The highest BCUT2D eigenvalue weighted by Crippen LogP contribution is 2.18. The molecular formula is C12H13N7OS2. The van der Waals surface area contributed by atoms with E-state index in [4.69, 9.17) is 0 Å². The van der Waals surface area contributed by atoms with Crippen LogP contribution in [0.2, 0.25) is 0 Å². The van der Waals surface area contributed by atoms with Gasteiger partial charge in [0.25, 0.3) is 5.78 Å². The standard InChI is InChI=1S/C12H13N7OS2/c1-6-8(4-9(20)15-11-17-13-5-22-11)7(2)19-10(14-6)16-12(18-19)21-3/h5H,4H2,1-3H3,(H,15,17,20). The zero-order valence-electron chi connectivity index (χ0n) is 12.2. The van der Waals surface area contributed by atoms with Crippen molar-refractivity contribution in [2.24, 2.45) is 0 Å². The van der Waals surface area contributed by atoms with Gasteiger partial charge in [-0.3, -0.25) is 4.79 Å². The van der Waals surface area contributed by atoms with Crippen LogP contribution >= 0.6 is 23.1 Å². The molecule has 0 aromatic carbocycles. The zero-order chi connectivity index (χ0) is 15.7. The van der Waals surface area contributed by atoms with Crippen LogP contribution in [-0.2, 0) is 11.2 Å². The van der Waals surface area contributed by atoms with E-state index in [1.807, 2.05) is 20.1 Å². The van der Waals surface area contributed by atoms with Gasteiger partial charge in [0.15, 0.2) is 0 Å². The Morgan fingerprint density at radius 2 is 2.23 bits per heavy atom. The van der Waals surface area contributed by atoms with E-state index in [-0.39, 0.29) is 12.3 Å². The maximum atomic E-state index is 12.1. The summed E-state index contributed by atoms with van der Waals surface area (Å²) in [5.41, 5.74) is 4.05. The number of anilines is 1. The predicted molar refractivity (Wildman–Crippen MR) is 84.3 cm³/mol. The largest absolute Gasteiger partial charge is 0.300 e. The lowest BCUT2D eigenvalue weighted by molar-refractivity contribution is -0.115. The fraction of sp³-hybridized carbons (Fsp3) is 0.333. The van der Waals surface area contributed by atoms with Crippen LogP contribution in [0, 0.1) is 13.8 Å². The quantitative estimate of drug-likeness (QED) is 0.721. The van der Waals surface area contributed by atoms with E-state index in [1.54, 1.807) is 10.0 Å². The first kappa shape index (κ1) is 14.9. The smallest absolute Gasteiger partial charge is 0.253 e. The van der Waals surface area contributed by atoms with Crippen molar-refractivity contribution < 1.29 is 4.79 Å². The van der Waals surface area contributed by atoms with E-state index in [1.165, 1.54) is 23.1 Å². The first-order chi connectivity index (χ1) is 10.6. The second kappa shape index (κ2) is 5.97. The summed E-state index contributed by atoms with van der Waals surface area (Å²) in [6, 6.07) is 0. The van der Waals surface area contributed by atoms with Gasteiger partial charge in [0.05, 0.1) is 6.42 Å². The number of carbonyl (C=O) groups excluding carboxylic acids is 1. The molecule has 0 atom stereocenters. The lowest BCUT2D eigenvalue weighted by atomic mass is 10.1. The topological polar surface area (TPSA) is 98.0 Å². The van der Waals surface area contributed by atoms with Crippen LogP contribution in [0.3, 0.4) is 0 Å². The summed E-state index contributed by atoms with van der Waals surface area (Å²) in [5, 5.41) is 15.7. The number of nitrogens with one attached hydrogen (secondary N) is 1. The minimum atomic E-state index is -0.158. The van der Waals surface area contributed by atoms with Gasteiger partial charge in [-0.1, -0.05) is 23.1 Å². The molecule has 0 aliphatic carbocycles. The van der Waals surface area contributed by atoms with Crippen LogP contribution < -0.4 is 5.32 Å². The first-order valence-electron chi connectivity index (χ1n) is 6.41. The molecule has 1 amide bonds. The van der Waals surface area contributed by atoms with Crippen LogP contribution in [0.15, 0.2) is 10.7 Å². The van der Waals surface area contributed by atoms with Gasteiger partial charge in [0, 0.05) is 17.0 Å². The van der Waals surface area contributed by atoms with E-state index in [0.717, 1.165) is 17.0 Å². The monoisotopic (exact) mass is 335 g/mol. The highest BCUT2D eigenvalue weighted by atomic mass is 32.2. The molecule has 3 aromatic rings. The third kappa shape index (κ3) is 2.79. The average molecular weight is 335 g/mol. The van der Waals surface area contributed by atoms with Gasteiger partial charge in [-0.25, -0.2) is 9.50 Å². The first-order valence-corrected chi connectivity index (χ1v) is 8.51. The fourth-order valence-corrected chi connectivity index (χ4v) is 2.88. The van der Waals surface area contributed by atoms with Gasteiger partial charge in [0.1, 0.15) is 5.51 Å². The number of thioether (sulfide) groups is 1. The van der Waals surface area contributed by atoms with E-state index in [2.05, 4.69) is 30.6 Å². The Morgan fingerprint density at radius 1 is 1.41 bits per heavy atom. The number of nitrogens with zero attached hydrogens (tertiary/aromatic N) is 6. The van der Waals surface area contributed by atoms with Crippen molar-refractivity contribution in [1.29, 1.82) is 0 Å². The molecule has 3 rings (SSSR count). The van der Waals surface area contributed by atoms with Gasteiger partial charge in [-0.05, 0) is 20.1 Å². The normalized spacial score (nSPS) is 11.0. The second-order valence-corrected chi connectivity index (χ2v) is 6.15. The summed E-state index contributed by atoms with van der Waals surface area (Å²) in [5.74, 6) is 0.391. The Kier molecular flexibility index (Phi) is 4.03. The van der Waals surface area contributed by atoms with Crippen LogP contribution in [0.5, 0.6) is 0 Å². The summed E-state index contributed by atoms with van der Waals surface area (Å²) in [6.45, 7) is 3.78. The highest BCUT2D eigenvalue weighted by Gasteiger charge is 2.16. The third-order valence-electron chi connectivity index (χ3n) is 3.16. The Morgan fingerprint density at radius 3 is 2.91 bits per heavy atom. The molecule has 0 aliphatic rings. The van der Waals surface area contributed by atoms with Gasteiger partial charge in [-0.15, -0.1) is 15.3 Å². The SMILES string of the molecule is CSc1nc2nc(C)c(CC(=O)Nc3nncs3)c(C)n2n1. The number of amides is 1. The molecule has 1 N–H and O–H groups in total. The van der Waals surface area contributed by atoms with Crippen molar-refractivity contribution in [1.82, 2.24) is 29.8 Å². The predicted octanol–water partition coefficient (Wildman–Crippen LogP) is 1.50. The Labute approximate surface area is 134 Å². The van der Waals surface area contributed by atoms with E-state index in [9.17, 15) is 4.79 Å². The van der Waals surface area contributed by atoms with Gasteiger partial charge in [0.2, 0.25) is 16.2 Å². The minimum Gasteiger partial charge on any atom is -0.300 e. The number of carbonyl (C=O) groups is 1. The number of fused-ring (bicyclic) bond motifs is 1. The molecule has 0 saturated carbocycles. The number of rotatable bonds is 4. The molecular weight excluding hydrogens is 322 g/mol. The summed E-state index contributed by atoms with van der Waals surface area (Å²) < 4.78 is 1.67. The molecule has 3 heterocycles. The number of hydrogen-bond donors (Lipinski definition) is 1. The lowest BCUT2D eigenvalue weighted by Crippen LogP contribution is -2.17. The Hall–Kier alpha value is -2.07. The van der Waals surface area contributed by atoms with Gasteiger partial charge < -0.3 is 5.32 Å². The number of aryl methyl sites for hydroxylation is 2. The van der Waals surface area contributed by atoms with Crippen molar-refractivity contribution in [2.45, 2.75) is 25.4 Å². The molecule has 3 aromatic heterocycles. The molecule has 0 unspecified atom stereocenters. The van der Waals surface area contributed by atoms with Crippen LogP contribution in [0.25, 0.3) is 5.78 Å². The summed E-state index contributed by atoms with van der Waals surface area (Å²) in [4.78, 5) is 20.9. The molecule has 22 heavy (non-hydrogen) atoms. The maximum Gasteiger partial charge on any atom is 0.253 e. The number of hydrogen-bond acceptors (Lipinski definition) is 8. The van der Waals surface area contributed by atoms with Crippen molar-refractivity contribution in [3.05, 3.63) is 22.5 Å². The van der Waals surface area contributed by atoms with E-state index >= 15 is 0 Å². The molecule has 0 radical (unpaired) electrons. The van der Waals surface area contributed by atoms with Crippen molar-refractivity contribution in [3.8, 4) is 0 Å². The third-order valence-corrected chi connectivity index (χ3v) is 4.30. The maximum absolute atomic E-state index is 12.1. The lowest BCUT2D eigenvalue weighted by Gasteiger charge is -2.09. The second-order valence-electron chi connectivity index (χ2n) is 4.54. The average Bonchev–Trinajstić information content (AvgIpc) is 3.12. The molecule has 10 heteroatoms. The Balaban J connectivity index is 1.91. The van der Waals surface area contributed by atoms with Crippen molar-refractivity contribution in [3.63, 3.8) is 0 Å². The Bertz CT molecular complexity index is 828. The van der Waals surface area contributed by atoms with Crippen molar-refractivity contribution in [2.75, 3.05) is 11.6 Å². The van der Waals surface area contributed by atoms with Crippen LogP contribution in [0.1, 0.15) is 17.0 Å². The number of aromatic nitrogens is 6. The molecule has 114 valence electrons. The van der Waals surface area contributed by atoms with E-state index < -0.39 is 0 Å². The molecule has 0 fully saturated rings. The highest BCUT2D eigenvalue weighted by molar-refractivity contribution is 7.98. The van der Waals surface area contributed by atoms with E-state index in [0.29, 0.717) is 16.1 Å². The van der Waals surface area contributed by atoms with Crippen molar-refractivity contribution >= 4 is 39.9 Å². The molecule has 8 nitrogen and oxygen atoms in total. The molecule has 0 bridgehead atoms. The zero-order valence-corrected chi connectivity index (χ0v) is 13.8. The molecule has 0 saturated heterocycles. The fourth-order valence-electron chi connectivity index (χ4n) is 2.08. The summed E-state index contributed by atoms with van der Waals surface area (Å²) in [7, 11) is 0.